The van der Waals surface area contributed by atoms with Crippen molar-refractivity contribution in [2.24, 2.45) is 17.6 Å². The van der Waals surface area contributed by atoms with Crippen LogP contribution in [-0.2, 0) is 24.0 Å². The van der Waals surface area contributed by atoms with Crippen LogP contribution in [0.1, 0.15) is 47.0 Å². The average Bonchev–Trinajstić information content (AvgIpc) is 2.72. The lowest BCUT2D eigenvalue weighted by molar-refractivity contribution is -0.144. The van der Waals surface area contributed by atoms with E-state index in [0.29, 0.717) is 12.8 Å². The predicted molar refractivity (Wildman–Crippen MR) is 116 cm³/mol. The van der Waals surface area contributed by atoms with E-state index >= 15 is 0 Å². The fourth-order valence-electron chi connectivity index (χ4n) is 2.63. The predicted octanol–water partition coefficient (Wildman–Crippen LogP) is -0.651. The van der Waals surface area contributed by atoms with Crippen molar-refractivity contribution < 1.29 is 34.2 Å². The largest absolute Gasteiger partial charge is 0.481 e. The highest BCUT2D eigenvalue weighted by Gasteiger charge is 2.34. The number of thiol groups is 1. The Morgan fingerprint density at radius 1 is 0.839 bits per heavy atom. The first kappa shape index (κ1) is 28.7. The second kappa shape index (κ2) is 13.9. The minimum absolute atomic E-state index is 0.0525. The first-order valence-electron chi connectivity index (χ1n) is 10.1. The molecule has 0 aromatic rings. The SMILES string of the molecule is CCC(C)C(NC(=O)C(CC(=O)O)NC(=O)C(NC(=O)C(N)CS)C(C)CC)C(=O)O. The number of rotatable bonds is 14. The van der Waals surface area contributed by atoms with Gasteiger partial charge in [-0.05, 0) is 11.8 Å². The van der Waals surface area contributed by atoms with E-state index in [2.05, 4.69) is 28.6 Å². The van der Waals surface area contributed by atoms with Crippen LogP contribution in [0.15, 0.2) is 0 Å². The molecule has 0 fully saturated rings. The summed E-state index contributed by atoms with van der Waals surface area (Å²) >= 11 is 3.94. The fourth-order valence-corrected chi connectivity index (χ4v) is 2.79. The third-order valence-corrected chi connectivity index (χ3v) is 5.51. The van der Waals surface area contributed by atoms with Crippen LogP contribution in [0.25, 0.3) is 0 Å². The first-order valence-corrected chi connectivity index (χ1v) is 10.7. The summed E-state index contributed by atoms with van der Waals surface area (Å²) in [4.78, 5) is 60.3. The molecule has 0 heterocycles. The van der Waals surface area contributed by atoms with Gasteiger partial charge < -0.3 is 31.9 Å². The second-order valence-corrected chi connectivity index (χ2v) is 7.90. The van der Waals surface area contributed by atoms with Crippen molar-refractivity contribution in [3.05, 3.63) is 0 Å². The summed E-state index contributed by atoms with van der Waals surface area (Å²) in [5.41, 5.74) is 5.63. The average molecular weight is 463 g/mol. The van der Waals surface area contributed by atoms with Crippen molar-refractivity contribution in [3.63, 3.8) is 0 Å². The van der Waals surface area contributed by atoms with Gasteiger partial charge in [-0.3, -0.25) is 19.2 Å². The van der Waals surface area contributed by atoms with Crippen molar-refractivity contribution in [1.82, 2.24) is 16.0 Å². The number of carbonyl (C=O) groups excluding carboxylic acids is 3. The Labute approximate surface area is 187 Å². The quantitative estimate of drug-likeness (QED) is 0.166. The van der Waals surface area contributed by atoms with Crippen LogP contribution < -0.4 is 21.7 Å². The molecule has 0 saturated heterocycles. The van der Waals surface area contributed by atoms with E-state index < -0.39 is 66.2 Å². The van der Waals surface area contributed by atoms with Gasteiger partial charge in [0.2, 0.25) is 17.7 Å². The molecule has 11 nitrogen and oxygen atoms in total. The Morgan fingerprint density at radius 3 is 1.74 bits per heavy atom. The molecule has 7 N–H and O–H groups in total. The van der Waals surface area contributed by atoms with E-state index in [1.807, 2.05) is 0 Å². The lowest BCUT2D eigenvalue weighted by Crippen LogP contribution is -2.59. The highest BCUT2D eigenvalue weighted by molar-refractivity contribution is 7.80. The normalized spacial score (nSPS) is 16.7. The molecule has 0 aliphatic rings. The van der Waals surface area contributed by atoms with Crippen LogP contribution in [-0.4, -0.2) is 69.8 Å². The van der Waals surface area contributed by atoms with Crippen molar-refractivity contribution in [2.75, 3.05) is 5.75 Å². The van der Waals surface area contributed by atoms with E-state index in [4.69, 9.17) is 10.8 Å². The van der Waals surface area contributed by atoms with E-state index in [-0.39, 0.29) is 11.7 Å². The van der Waals surface area contributed by atoms with Crippen LogP contribution in [0.2, 0.25) is 0 Å². The van der Waals surface area contributed by atoms with E-state index in [9.17, 15) is 29.1 Å². The smallest absolute Gasteiger partial charge is 0.326 e. The van der Waals surface area contributed by atoms with Gasteiger partial charge in [-0.25, -0.2) is 4.79 Å². The number of hydrogen-bond acceptors (Lipinski definition) is 7. The maximum atomic E-state index is 12.8. The summed E-state index contributed by atoms with van der Waals surface area (Å²) < 4.78 is 0. The minimum atomic E-state index is -1.53. The molecule has 0 aliphatic heterocycles. The maximum Gasteiger partial charge on any atom is 0.326 e. The molecule has 0 aromatic carbocycles. The van der Waals surface area contributed by atoms with Gasteiger partial charge in [0, 0.05) is 5.75 Å². The summed E-state index contributed by atoms with van der Waals surface area (Å²) in [5, 5.41) is 25.6. The molecule has 6 unspecified atom stereocenters. The highest BCUT2D eigenvalue weighted by Crippen LogP contribution is 2.11. The van der Waals surface area contributed by atoms with Gasteiger partial charge in [0.05, 0.1) is 12.5 Å². The summed E-state index contributed by atoms with van der Waals surface area (Å²) in [6.45, 7) is 6.87. The number of hydrogen-bond donors (Lipinski definition) is 7. The summed E-state index contributed by atoms with van der Waals surface area (Å²) in [7, 11) is 0. The zero-order valence-corrected chi connectivity index (χ0v) is 19.1. The summed E-state index contributed by atoms with van der Waals surface area (Å²) in [6.07, 6.45) is 0.196. The van der Waals surface area contributed by atoms with Gasteiger partial charge in [-0.15, -0.1) is 0 Å². The number of carboxylic acid groups (broad SMARTS) is 2. The van der Waals surface area contributed by atoms with Gasteiger partial charge in [-0.1, -0.05) is 40.5 Å². The van der Waals surface area contributed by atoms with Gasteiger partial charge in [0.15, 0.2) is 0 Å². The van der Waals surface area contributed by atoms with Crippen molar-refractivity contribution in [2.45, 2.75) is 71.1 Å². The van der Waals surface area contributed by atoms with Crippen LogP contribution >= 0.6 is 12.6 Å². The number of nitrogens with two attached hydrogens (primary N) is 1. The summed E-state index contributed by atoms with van der Waals surface area (Å²) in [6, 6.07) is -4.80. The molecular formula is C19H34N4O7S. The molecule has 0 spiro atoms. The molecular weight excluding hydrogens is 428 g/mol. The topological polar surface area (TPSA) is 188 Å². The molecule has 0 radical (unpaired) electrons. The molecule has 0 aromatic heterocycles. The molecule has 3 amide bonds. The van der Waals surface area contributed by atoms with Gasteiger partial charge >= 0.3 is 11.9 Å². The lowest BCUT2D eigenvalue weighted by atomic mass is 9.97. The molecule has 6 atom stereocenters. The third-order valence-electron chi connectivity index (χ3n) is 5.12. The molecule has 31 heavy (non-hydrogen) atoms. The number of amides is 3. The Kier molecular flexibility index (Phi) is 12.8. The van der Waals surface area contributed by atoms with E-state index in [1.165, 1.54) is 0 Å². The fraction of sp³-hybridized carbons (Fsp3) is 0.737. The van der Waals surface area contributed by atoms with Gasteiger partial charge in [0.1, 0.15) is 18.1 Å². The third kappa shape index (κ3) is 9.55. The molecule has 178 valence electrons. The molecule has 0 saturated carbocycles. The van der Waals surface area contributed by atoms with E-state index in [1.54, 1.807) is 27.7 Å². The van der Waals surface area contributed by atoms with Crippen LogP contribution in [0.5, 0.6) is 0 Å². The lowest BCUT2D eigenvalue weighted by Gasteiger charge is -2.28. The Bertz CT molecular complexity index is 661. The van der Waals surface area contributed by atoms with Crippen LogP contribution in [0.3, 0.4) is 0 Å². The Morgan fingerprint density at radius 2 is 1.32 bits per heavy atom. The molecule has 0 rings (SSSR count). The minimum Gasteiger partial charge on any atom is -0.481 e. The first-order chi connectivity index (χ1) is 14.4. The van der Waals surface area contributed by atoms with Crippen molar-refractivity contribution in [1.29, 1.82) is 0 Å². The molecule has 0 bridgehead atoms. The van der Waals surface area contributed by atoms with E-state index in [0.717, 1.165) is 0 Å². The standard InChI is InChI=1S/C19H34N4O7S/c1-5-9(3)14(22-16(26)11(20)8-31)18(28)21-12(7-13(24)25)17(27)23-15(19(29)30)10(4)6-2/h9-12,14-15,31H,5-8,20H2,1-4H3,(H,21,28)(H,22,26)(H,23,27)(H,24,25)(H,29,30). The molecule has 0 aliphatic carbocycles. The summed E-state index contributed by atoms with van der Waals surface area (Å²) in [5.74, 6) is -5.68. The van der Waals surface area contributed by atoms with Crippen molar-refractivity contribution >= 4 is 42.3 Å². The Balaban J connectivity index is 5.59. The zero-order valence-electron chi connectivity index (χ0n) is 18.3. The Hall–Kier alpha value is -2.34. The second-order valence-electron chi connectivity index (χ2n) is 7.53. The molecule has 12 heteroatoms. The van der Waals surface area contributed by atoms with Gasteiger partial charge in [-0.2, -0.15) is 12.6 Å². The van der Waals surface area contributed by atoms with Gasteiger partial charge in [0.25, 0.3) is 0 Å². The monoisotopic (exact) mass is 462 g/mol. The zero-order chi connectivity index (χ0) is 24.3. The maximum absolute atomic E-state index is 12.8. The number of carbonyl (C=O) groups is 5. The van der Waals surface area contributed by atoms with Crippen LogP contribution in [0.4, 0.5) is 0 Å². The number of nitrogens with one attached hydrogen (secondary N) is 3. The van der Waals surface area contributed by atoms with Crippen molar-refractivity contribution in [3.8, 4) is 0 Å². The highest BCUT2D eigenvalue weighted by atomic mass is 32.1. The number of carboxylic acids is 2. The van der Waals surface area contributed by atoms with Crippen LogP contribution in [0, 0.1) is 11.8 Å². The number of aliphatic carboxylic acids is 2.